The van der Waals surface area contributed by atoms with Crippen LogP contribution in [0.25, 0.3) is 0 Å². The molecule has 1 atom stereocenters. The zero-order chi connectivity index (χ0) is 7.44. The molecule has 0 aliphatic rings. The topological polar surface area (TPSA) is 69.1 Å². The Morgan fingerprint density at radius 3 is 2.22 bits per heavy atom. The standard InChI is InChI=1S/C5H10N2OS/c1-3(8)4(2-6)5(7)9/h4H,2,6H2,1H3,(H2,7,9). The number of hydrogen-bond acceptors (Lipinski definition) is 3. The first-order chi connectivity index (χ1) is 4.09. The van der Waals surface area contributed by atoms with Gasteiger partial charge in [-0.25, -0.2) is 0 Å². The average Bonchev–Trinajstić information content (AvgIpc) is 1.64. The maximum absolute atomic E-state index is 10.6. The Balaban J connectivity index is 3.99. The van der Waals surface area contributed by atoms with Crippen LogP contribution in [0.5, 0.6) is 0 Å². The molecule has 0 rings (SSSR count). The van der Waals surface area contributed by atoms with Crippen LogP contribution in [0.3, 0.4) is 0 Å². The summed E-state index contributed by atoms with van der Waals surface area (Å²) in [4.78, 5) is 10.8. The smallest absolute Gasteiger partial charge is 0.140 e. The summed E-state index contributed by atoms with van der Waals surface area (Å²) in [6, 6.07) is 0. The van der Waals surface area contributed by atoms with Crippen LogP contribution in [0.15, 0.2) is 0 Å². The van der Waals surface area contributed by atoms with E-state index in [4.69, 9.17) is 11.5 Å². The van der Waals surface area contributed by atoms with Crippen LogP contribution in [0.2, 0.25) is 0 Å². The number of ketones is 1. The molecular formula is C5H10N2OS. The quantitative estimate of drug-likeness (QED) is 0.523. The lowest BCUT2D eigenvalue weighted by atomic mass is 10.1. The molecule has 0 aliphatic carbocycles. The average molecular weight is 146 g/mol. The molecule has 0 aliphatic heterocycles. The second kappa shape index (κ2) is 3.53. The summed E-state index contributed by atoms with van der Waals surface area (Å²) in [6.45, 7) is 1.64. The summed E-state index contributed by atoms with van der Waals surface area (Å²) < 4.78 is 0. The first-order valence-corrected chi connectivity index (χ1v) is 3.00. The molecule has 0 saturated carbocycles. The molecule has 3 nitrogen and oxygen atoms in total. The van der Waals surface area contributed by atoms with Crippen LogP contribution in [-0.4, -0.2) is 17.3 Å². The highest BCUT2D eigenvalue weighted by molar-refractivity contribution is 7.80. The first kappa shape index (κ1) is 8.52. The van der Waals surface area contributed by atoms with E-state index in [1.807, 2.05) is 0 Å². The molecule has 0 heterocycles. The number of carbonyl (C=O) groups is 1. The lowest BCUT2D eigenvalue weighted by Crippen LogP contribution is -2.33. The van der Waals surface area contributed by atoms with Gasteiger partial charge in [0.25, 0.3) is 0 Å². The minimum Gasteiger partial charge on any atom is -0.393 e. The van der Waals surface area contributed by atoms with E-state index in [0.717, 1.165) is 0 Å². The minimum atomic E-state index is -0.431. The Bertz CT molecular complexity index is 121. The van der Waals surface area contributed by atoms with Gasteiger partial charge in [0.15, 0.2) is 0 Å². The predicted molar refractivity (Wildman–Crippen MR) is 40.0 cm³/mol. The fourth-order valence-corrected chi connectivity index (χ4v) is 0.745. The van der Waals surface area contributed by atoms with E-state index in [2.05, 4.69) is 12.2 Å². The predicted octanol–water partition coefficient (Wildman–Crippen LogP) is -0.564. The van der Waals surface area contributed by atoms with Crippen molar-refractivity contribution in [2.24, 2.45) is 17.4 Å². The molecule has 52 valence electrons. The van der Waals surface area contributed by atoms with Gasteiger partial charge < -0.3 is 11.5 Å². The van der Waals surface area contributed by atoms with Crippen LogP contribution in [-0.2, 0) is 4.79 Å². The molecular weight excluding hydrogens is 136 g/mol. The second-order valence-electron chi connectivity index (χ2n) is 1.80. The fraction of sp³-hybridized carbons (Fsp3) is 0.600. The minimum absolute atomic E-state index is 0.0648. The lowest BCUT2D eigenvalue weighted by Gasteiger charge is -2.06. The molecule has 0 aromatic carbocycles. The van der Waals surface area contributed by atoms with E-state index in [0.29, 0.717) is 0 Å². The molecule has 0 radical (unpaired) electrons. The molecule has 0 aromatic heterocycles. The van der Waals surface area contributed by atoms with Crippen molar-refractivity contribution in [2.75, 3.05) is 6.54 Å². The van der Waals surface area contributed by atoms with Gasteiger partial charge in [0.1, 0.15) is 5.78 Å². The van der Waals surface area contributed by atoms with Gasteiger partial charge in [0.05, 0.1) is 10.9 Å². The zero-order valence-corrected chi connectivity index (χ0v) is 6.07. The third kappa shape index (κ3) is 2.53. The fourth-order valence-electron chi connectivity index (χ4n) is 0.482. The third-order valence-electron chi connectivity index (χ3n) is 1.07. The number of Topliss-reactive ketones (excluding diaryl/α,β-unsaturated/α-hetero) is 1. The summed E-state index contributed by atoms with van der Waals surface area (Å²) >= 11 is 4.57. The highest BCUT2D eigenvalue weighted by atomic mass is 32.1. The van der Waals surface area contributed by atoms with Gasteiger partial charge in [-0.15, -0.1) is 0 Å². The molecule has 4 heteroatoms. The van der Waals surface area contributed by atoms with Crippen molar-refractivity contribution >= 4 is 23.0 Å². The Hall–Kier alpha value is -0.480. The number of hydrogen-bond donors (Lipinski definition) is 2. The van der Waals surface area contributed by atoms with Crippen LogP contribution >= 0.6 is 12.2 Å². The second-order valence-corrected chi connectivity index (χ2v) is 2.27. The summed E-state index contributed by atoms with van der Waals surface area (Å²) in [7, 11) is 0. The Kier molecular flexibility index (Phi) is 3.34. The maximum Gasteiger partial charge on any atom is 0.140 e. The van der Waals surface area contributed by atoms with Crippen LogP contribution in [0.1, 0.15) is 6.92 Å². The maximum atomic E-state index is 10.6. The van der Waals surface area contributed by atoms with Gasteiger partial charge in [-0.3, -0.25) is 4.79 Å². The van der Waals surface area contributed by atoms with Crippen molar-refractivity contribution in [3.8, 4) is 0 Å². The molecule has 0 amide bonds. The van der Waals surface area contributed by atoms with Gasteiger partial charge in [0.2, 0.25) is 0 Å². The zero-order valence-electron chi connectivity index (χ0n) is 5.26. The molecule has 0 saturated heterocycles. The number of rotatable bonds is 3. The van der Waals surface area contributed by atoms with E-state index in [1.165, 1.54) is 6.92 Å². The molecule has 0 spiro atoms. The van der Waals surface area contributed by atoms with Crippen molar-refractivity contribution in [3.05, 3.63) is 0 Å². The number of thiocarbonyl (C=S) groups is 1. The largest absolute Gasteiger partial charge is 0.393 e. The molecule has 0 bridgehead atoms. The Labute approximate surface area is 59.4 Å². The van der Waals surface area contributed by atoms with Gasteiger partial charge in [-0.2, -0.15) is 0 Å². The summed E-state index contributed by atoms with van der Waals surface area (Å²) in [5.74, 6) is -0.495. The van der Waals surface area contributed by atoms with Crippen LogP contribution in [0, 0.1) is 5.92 Å². The van der Waals surface area contributed by atoms with Crippen molar-refractivity contribution in [3.63, 3.8) is 0 Å². The first-order valence-electron chi connectivity index (χ1n) is 2.59. The Morgan fingerprint density at radius 1 is 1.78 bits per heavy atom. The van der Waals surface area contributed by atoms with Gasteiger partial charge in [0, 0.05) is 6.54 Å². The van der Waals surface area contributed by atoms with Crippen molar-refractivity contribution in [2.45, 2.75) is 6.92 Å². The van der Waals surface area contributed by atoms with Gasteiger partial charge in [-0.05, 0) is 6.92 Å². The molecule has 0 fully saturated rings. The van der Waals surface area contributed by atoms with Crippen LogP contribution in [0.4, 0.5) is 0 Å². The number of nitrogens with two attached hydrogens (primary N) is 2. The van der Waals surface area contributed by atoms with E-state index < -0.39 is 5.92 Å². The number of carbonyl (C=O) groups excluding carboxylic acids is 1. The van der Waals surface area contributed by atoms with E-state index in [9.17, 15) is 4.79 Å². The molecule has 9 heavy (non-hydrogen) atoms. The van der Waals surface area contributed by atoms with E-state index in [-0.39, 0.29) is 17.3 Å². The van der Waals surface area contributed by atoms with Crippen LogP contribution < -0.4 is 11.5 Å². The summed E-state index contributed by atoms with van der Waals surface area (Å²) in [5, 5.41) is 0. The third-order valence-corrected chi connectivity index (χ3v) is 1.35. The van der Waals surface area contributed by atoms with Gasteiger partial charge >= 0.3 is 0 Å². The van der Waals surface area contributed by atoms with Crippen molar-refractivity contribution in [1.82, 2.24) is 0 Å². The summed E-state index contributed by atoms with van der Waals surface area (Å²) in [5.41, 5.74) is 10.4. The highest BCUT2D eigenvalue weighted by Crippen LogP contribution is 1.94. The lowest BCUT2D eigenvalue weighted by molar-refractivity contribution is -0.118. The highest BCUT2D eigenvalue weighted by Gasteiger charge is 2.13. The normalized spacial score (nSPS) is 12.7. The van der Waals surface area contributed by atoms with Crippen molar-refractivity contribution < 1.29 is 4.79 Å². The molecule has 0 aromatic rings. The molecule has 4 N–H and O–H groups in total. The van der Waals surface area contributed by atoms with Gasteiger partial charge in [-0.1, -0.05) is 12.2 Å². The van der Waals surface area contributed by atoms with Crippen molar-refractivity contribution in [1.29, 1.82) is 0 Å². The van der Waals surface area contributed by atoms with E-state index in [1.54, 1.807) is 0 Å². The SMILES string of the molecule is CC(=O)C(CN)C(N)=S. The monoisotopic (exact) mass is 146 g/mol. The Morgan fingerprint density at radius 2 is 2.22 bits per heavy atom. The molecule has 1 unspecified atom stereocenters. The van der Waals surface area contributed by atoms with E-state index >= 15 is 0 Å². The summed E-state index contributed by atoms with van der Waals surface area (Å²) in [6.07, 6.45) is 0.